The van der Waals surface area contributed by atoms with Crippen LogP contribution >= 0.6 is 11.8 Å². The molecule has 4 rings (SSSR count). The molecule has 0 saturated carbocycles. The number of aromatic nitrogens is 2. The highest BCUT2D eigenvalue weighted by Gasteiger charge is 2.29. The molecule has 0 aliphatic carbocycles. The topological polar surface area (TPSA) is 102 Å². The number of anilines is 1. The molecular weight excluding hydrogens is 434 g/mol. The molecule has 31 heavy (non-hydrogen) atoms. The van der Waals surface area contributed by atoms with E-state index in [4.69, 9.17) is 4.42 Å². The molecule has 2 heterocycles. The summed E-state index contributed by atoms with van der Waals surface area (Å²) in [5.74, 6) is 0.632. The second kappa shape index (κ2) is 9.23. The minimum Gasteiger partial charge on any atom is -0.416 e. The van der Waals surface area contributed by atoms with E-state index in [0.717, 1.165) is 16.8 Å². The molecule has 1 aromatic heterocycles. The highest BCUT2D eigenvalue weighted by molar-refractivity contribution is 8.00. The fraction of sp³-hybridized carbons (Fsp3) is 0.318. The van der Waals surface area contributed by atoms with E-state index < -0.39 is 15.1 Å². The van der Waals surface area contributed by atoms with Gasteiger partial charge in [-0.3, -0.25) is 4.79 Å². The van der Waals surface area contributed by atoms with Crippen molar-refractivity contribution in [2.75, 3.05) is 16.8 Å². The molecule has 0 bridgehead atoms. The lowest BCUT2D eigenvalue weighted by Gasteiger charge is -2.14. The molecule has 1 amide bonds. The summed E-state index contributed by atoms with van der Waals surface area (Å²) in [6.07, 6.45) is 1.06. The number of hydrogen-bond acceptors (Lipinski definition) is 7. The monoisotopic (exact) mass is 457 g/mol. The van der Waals surface area contributed by atoms with E-state index >= 15 is 0 Å². The maximum Gasteiger partial charge on any atom is 0.277 e. The Morgan fingerprint density at radius 2 is 1.90 bits per heavy atom. The van der Waals surface area contributed by atoms with Gasteiger partial charge in [-0.2, -0.15) is 0 Å². The number of thioether (sulfide) groups is 1. The summed E-state index contributed by atoms with van der Waals surface area (Å²) in [7, 11) is -2.94. The number of benzene rings is 2. The van der Waals surface area contributed by atoms with Crippen LogP contribution in [0.25, 0.3) is 11.1 Å². The molecule has 2 aromatic carbocycles. The van der Waals surface area contributed by atoms with E-state index in [0.29, 0.717) is 24.0 Å². The Labute approximate surface area is 185 Å². The third kappa shape index (κ3) is 5.54. The summed E-state index contributed by atoms with van der Waals surface area (Å²) in [4.78, 5) is 12.8. The zero-order valence-electron chi connectivity index (χ0n) is 17.0. The predicted octanol–water partition coefficient (Wildman–Crippen LogP) is 3.83. The van der Waals surface area contributed by atoms with Crippen LogP contribution in [0.4, 0.5) is 5.69 Å². The summed E-state index contributed by atoms with van der Waals surface area (Å²) in [6, 6.07) is 17.5. The highest BCUT2D eigenvalue weighted by atomic mass is 32.2. The molecule has 1 N–H and O–H groups in total. The van der Waals surface area contributed by atoms with E-state index in [2.05, 4.69) is 15.5 Å². The van der Waals surface area contributed by atoms with Crippen LogP contribution in [0.3, 0.4) is 0 Å². The zero-order valence-corrected chi connectivity index (χ0v) is 18.7. The fourth-order valence-electron chi connectivity index (χ4n) is 3.55. The number of sulfone groups is 1. The zero-order chi connectivity index (χ0) is 21.8. The Hall–Kier alpha value is -2.65. The SMILES string of the molecule is CC(Sc1nnc(CC2CCS(=O)(=O)C2)o1)C(=O)Nc1ccccc1-c1ccccc1. The second-order valence-corrected chi connectivity index (χ2v) is 11.1. The van der Waals surface area contributed by atoms with Gasteiger partial charge in [0.05, 0.1) is 16.8 Å². The van der Waals surface area contributed by atoms with Crippen molar-refractivity contribution in [2.24, 2.45) is 5.92 Å². The smallest absolute Gasteiger partial charge is 0.277 e. The average molecular weight is 458 g/mol. The lowest BCUT2D eigenvalue weighted by Crippen LogP contribution is -2.22. The van der Waals surface area contributed by atoms with Crippen LogP contribution in [0.5, 0.6) is 0 Å². The Morgan fingerprint density at radius 1 is 1.16 bits per heavy atom. The molecule has 2 atom stereocenters. The van der Waals surface area contributed by atoms with Crippen molar-refractivity contribution in [3.8, 4) is 11.1 Å². The number of amides is 1. The van der Waals surface area contributed by atoms with Crippen molar-refractivity contribution in [3.05, 3.63) is 60.5 Å². The van der Waals surface area contributed by atoms with Gasteiger partial charge in [0.15, 0.2) is 9.84 Å². The number of nitrogens with zero attached hydrogens (tertiary/aromatic N) is 2. The maximum atomic E-state index is 12.8. The summed E-state index contributed by atoms with van der Waals surface area (Å²) in [6.45, 7) is 1.78. The molecule has 1 aliphatic heterocycles. The van der Waals surface area contributed by atoms with Gasteiger partial charge in [0.1, 0.15) is 0 Å². The van der Waals surface area contributed by atoms with Crippen LogP contribution in [0.15, 0.2) is 64.2 Å². The van der Waals surface area contributed by atoms with Crippen LogP contribution in [0, 0.1) is 5.92 Å². The van der Waals surface area contributed by atoms with Crippen LogP contribution in [0.1, 0.15) is 19.2 Å². The van der Waals surface area contributed by atoms with Gasteiger partial charge < -0.3 is 9.73 Å². The molecule has 7 nitrogen and oxygen atoms in total. The average Bonchev–Trinajstić information content (AvgIpc) is 3.34. The van der Waals surface area contributed by atoms with Gasteiger partial charge in [-0.1, -0.05) is 60.3 Å². The van der Waals surface area contributed by atoms with Gasteiger partial charge in [0, 0.05) is 17.7 Å². The molecule has 0 radical (unpaired) electrons. The number of carbonyl (C=O) groups excluding carboxylic acids is 1. The summed E-state index contributed by atoms with van der Waals surface area (Å²) in [5, 5.41) is 10.9. The van der Waals surface area contributed by atoms with E-state index in [1.54, 1.807) is 6.92 Å². The van der Waals surface area contributed by atoms with Gasteiger partial charge >= 0.3 is 0 Å². The van der Waals surface area contributed by atoms with E-state index in [1.165, 1.54) is 11.8 Å². The van der Waals surface area contributed by atoms with Crippen molar-refractivity contribution < 1.29 is 17.6 Å². The van der Waals surface area contributed by atoms with Gasteiger partial charge in [-0.05, 0) is 30.9 Å². The van der Waals surface area contributed by atoms with Gasteiger partial charge in [-0.15, -0.1) is 10.2 Å². The summed E-state index contributed by atoms with van der Waals surface area (Å²) >= 11 is 1.18. The maximum absolute atomic E-state index is 12.8. The Balaban J connectivity index is 1.37. The van der Waals surface area contributed by atoms with E-state index in [-0.39, 0.29) is 23.3 Å². The largest absolute Gasteiger partial charge is 0.416 e. The van der Waals surface area contributed by atoms with Crippen LogP contribution in [-0.2, 0) is 21.1 Å². The third-order valence-electron chi connectivity index (χ3n) is 5.15. The Kier molecular flexibility index (Phi) is 6.43. The fourth-order valence-corrected chi connectivity index (χ4v) is 6.11. The lowest BCUT2D eigenvalue weighted by atomic mass is 10.0. The van der Waals surface area contributed by atoms with Crippen molar-refractivity contribution in [1.82, 2.24) is 10.2 Å². The highest BCUT2D eigenvalue weighted by Crippen LogP contribution is 2.30. The van der Waals surface area contributed by atoms with Gasteiger partial charge in [0.2, 0.25) is 11.8 Å². The van der Waals surface area contributed by atoms with Crippen molar-refractivity contribution in [3.63, 3.8) is 0 Å². The quantitative estimate of drug-likeness (QED) is 0.538. The number of hydrogen-bond donors (Lipinski definition) is 1. The Bertz CT molecular complexity index is 1160. The standard InChI is InChI=1S/C22H23N3O4S2/c1-15(30-22-25-24-20(29-22)13-16-11-12-31(27,28)14-16)21(26)23-19-10-6-5-9-18(19)17-7-3-2-4-8-17/h2-10,15-16H,11-14H2,1H3,(H,23,26). The molecule has 162 valence electrons. The first-order valence-electron chi connectivity index (χ1n) is 10.0. The van der Waals surface area contributed by atoms with Crippen LogP contribution in [0.2, 0.25) is 0 Å². The second-order valence-electron chi connectivity index (χ2n) is 7.60. The Morgan fingerprint density at radius 3 is 2.65 bits per heavy atom. The summed E-state index contributed by atoms with van der Waals surface area (Å²) < 4.78 is 28.9. The van der Waals surface area contributed by atoms with Crippen LogP contribution in [-0.4, -0.2) is 41.3 Å². The third-order valence-corrected chi connectivity index (χ3v) is 7.93. The molecular formula is C22H23N3O4S2. The molecule has 9 heteroatoms. The van der Waals surface area contributed by atoms with Crippen molar-refractivity contribution >= 4 is 33.2 Å². The van der Waals surface area contributed by atoms with Crippen molar-refractivity contribution in [1.29, 1.82) is 0 Å². The first kappa shape index (κ1) is 21.6. The van der Waals surface area contributed by atoms with Crippen LogP contribution < -0.4 is 5.32 Å². The minimum atomic E-state index is -2.94. The number of para-hydroxylation sites is 1. The molecule has 2 unspecified atom stereocenters. The molecule has 1 fully saturated rings. The minimum absolute atomic E-state index is 0.0125. The van der Waals surface area contributed by atoms with E-state index in [1.807, 2.05) is 54.6 Å². The molecule has 0 spiro atoms. The number of nitrogens with one attached hydrogen (secondary N) is 1. The molecule has 3 aromatic rings. The number of carbonyl (C=O) groups is 1. The van der Waals surface area contributed by atoms with Gasteiger partial charge in [0.25, 0.3) is 5.22 Å². The van der Waals surface area contributed by atoms with E-state index in [9.17, 15) is 13.2 Å². The first-order chi connectivity index (χ1) is 14.9. The first-order valence-corrected chi connectivity index (χ1v) is 12.7. The summed E-state index contributed by atoms with van der Waals surface area (Å²) in [5.41, 5.74) is 2.70. The lowest BCUT2D eigenvalue weighted by molar-refractivity contribution is -0.115. The number of rotatable bonds is 7. The molecule has 1 saturated heterocycles. The van der Waals surface area contributed by atoms with Gasteiger partial charge in [-0.25, -0.2) is 8.42 Å². The predicted molar refractivity (Wildman–Crippen MR) is 121 cm³/mol. The van der Waals surface area contributed by atoms with Crippen molar-refractivity contribution in [2.45, 2.75) is 30.2 Å². The normalized spacial score (nSPS) is 18.5. The molecule has 1 aliphatic rings.